The van der Waals surface area contributed by atoms with Gasteiger partial charge in [0.25, 0.3) is 11.8 Å². The van der Waals surface area contributed by atoms with Gasteiger partial charge < -0.3 is 15.3 Å². The predicted molar refractivity (Wildman–Crippen MR) is 160 cm³/mol. The van der Waals surface area contributed by atoms with E-state index < -0.39 is 11.9 Å². The Morgan fingerprint density at radius 2 is 1.74 bits per heavy atom. The molecule has 210 valence electrons. The summed E-state index contributed by atoms with van der Waals surface area (Å²) >= 11 is 6.19. The van der Waals surface area contributed by atoms with Gasteiger partial charge in [-0.1, -0.05) is 65.3 Å². The molecule has 5 aromatic rings. The highest BCUT2D eigenvalue weighted by molar-refractivity contribution is 6.30. The number of amides is 2. The van der Waals surface area contributed by atoms with Crippen molar-refractivity contribution in [3.63, 3.8) is 0 Å². The van der Waals surface area contributed by atoms with Gasteiger partial charge in [0.15, 0.2) is 5.82 Å². The van der Waals surface area contributed by atoms with Crippen molar-refractivity contribution < 1.29 is 19.2 Å². The second-order valence-corrected chi connectivity index (χ2v) is 10.3. The highest BCUT2D eigenvalue weighted by Crippen LogP contribution is 2.37. The third-order valence-electron chi connectivity index (χ3n) is 7.20. The van der Waals surface area contributed by atoms with Crippen molar-refractivity contribution in [3.8, 4) is 22.5 Å². The molecule has 1 aliphatic heterocycles. The van der Waals surface area contributed by atoms with Crippen LogP contribution in [-0.4, -0.2) is 33.6 Å². The average molecular weight is 581 g/mol. The fraction of sp³-hybridized carbons (Fsp3) is 0.125. The lowest BCUT2D eigenvalue weighted by molar-refractivity contribution is 0.0986. The van der Waals surface area contributed by atoms with E-state index in [9.17, 15) is 19.5 Å². The Hall–Kier alpha value is -4.99. The van der Waals surface area contributed by atoms with Crippen molar-refractivity contribution in [2.24, 2.45) is 0 Å². The van der Waals surface area contributed by atoms with Gasteiger partial charge in [-0.05, 0) is 66.4 Å². The van der Waals surface area contributed by atoms with E-state index in [2.05, 4.69) is 15.5 Å². The summed E-state index contributed by atoms with van der Waals surface area (Å²) in [6.07, 6.45) is 0.263. The van der Waals surface area contributed by atoms with Crippen LogP contribution >= 0.6 is 11.6 Å². The molecule has 0 saturated heterocycles. The number of anilines is 2. The standard InChI is InChI=1S/C32H25ClN4O5/c33-20-12-15-27-26(17-20)28(38)11-6-16-37(27)31(40)24-14-13-21(18-25(24)29-35-32(41)42-36-29)34-30(39)23-10-5-4-9-22(23)19-7-2-1-3-8-19/h1-5,7-10,12-15,17-18,28,38H,6,11,16H2,(H,34,39)(H,35,36,41). The molecule has 0 radical (unpaired) electrons. The molecule has 10 heteroatoms. The van der Waals surface area contributed by atoms with Crippen molar-refractivity contribution in [2.45, 2.75) is 18.9 Å². The zero-order valence-corrected chi connectivity index (χ0v) is 23.0. The number of H-pyrrole nitrogens is 1. The van der Waals surface area contributed by atoms with Crippen LogP contribution in [0.3, 0.4) is 0 Å². The molecule has 1 unspecified atom stereocenters. The number of benzene rings is 4. The Kier molecular flexibility index (Phi) is 7.43. The Balaban J connectivity index is 1.37. The number of aliphatic hydroxyl groups is 1. The summed E-state index contributed by atoms with van der Waals surface area (Å²) in [6.45, 7) is 0.355. The SMILES string of the molecule is O=C(Nc1ccc(C(=O)N2CCCC(O)c3cc(Cl)ccc32)c(-c2noc(=O)[nH]2)c1)c1ccccc1-c1ccccc1. The van der Waals surface area contributed by atoms with Crippen LogP contribution in [-0.2, 0) is 0 Å². The topological polar surface area (TPSA) is 129 Å². The first-order chi connectivity index (χ1) is 20.4. The number of carbonyl (C=O) groups is 2. The normalized spacial score (nSPS) is 14.6. The molecule has 0 fully saturated rings. The number of hydrogen-bond acceptors (Lipinski definition) is 6. The summed E-state index contributed by atoms with van der Waals surface area (Å²) in [5.41, 5.74) is 4.12. The number of carbonyl (C=O) groups excluding carboxylic acids is 2. The van der Waals surface area contributed by atoms with Crippen LogP contribution in [0.2, 0.25) is 5.02 Å². The quantitative estimate of drug-likeness (QED) is 0.231. The van der Waals surface area contributed by atoms with E-state index in [1.165, 1.54) is 0 Å². The van der Waals surface area contributed by atoms with Crippen molar-refractivity contribution in [1.29, 1.82) is 0 Å². The molecular formula is C32H25ClN4O5. The maximum Gasteiger partial charge on any atom is 0.439 e. The second kappa shape index (κ2) is 11.5. The Labute approximate surface area is 245 Å². The summed E-state index contributed by atoms with van der Waals surface area (Å²) in [5.74, 6) is -1.47. The number of nitrogens with one attached hydrogen (secondary N) is 2. The monoisotopic (exact) mass is 580 g/mol. The Morgan fingerprint density at radius 1 is 0.952 bits per heavy atom. The summed E-state index contributed by atoms with van der Waals surface area (Å²) in [5, 5.41) is 17.8. The van der Waals surface area contributed by atoms with Crippen molar-refractivity contribution in [3.05, 3.63) is 123 Å². The van der Waals surface area contributed by atoms with Crippen LogP contribution in [0, 0.1) is 0 Å². The molecule has 4 aromatic carbocycles. The molecule has 6 rings (SSSR count). The second-order valence-electron chi connectivity index (χ2n) is 9.89. The molecule has 1 aliphatic rings. The van der Waals surface area contributed by atoms with Crippen LogP contribution in [0.15, 0.2) is 100 Å². The maximum absolute atomic E-state index is 14.0. The van der Waals surface area contributed by atoms with Gasteiger partial charge in [0, 0.05) is 39.6 Å². The molecule has 3 N–H and O–H groups in total. The van der Waals surface area contributed by atoms with E-state index >= 15 is 0 Å². The molecule has 1 atom stereocenters. The molecular weight excluding hydrogens is 556 g/mol. The van der Waals surface area contributed by atoms with E-state index in [0.717, 1.165) is 11.1 Å². The van der Waals surface area contributed by atoms with Gasteiger partial charge in [0.05, 0.1) is 11.7 Å². The van der Waals surface area contributed by atoms with Crippen molar-refractivity contribution >= 4 is 34.8 Å². The molecule has 0 bridgehead atoms. The minimum Gasteiger partial charge on any atom is -0.388 e. The Bertz CT molecular complexity index is 1850. The third kappa shape index (κ3) is 5.35. The van der Waals surface area contributed by atoms with Gasteiger partial charge in [0.1, 0.15) is 0 Å². The van der Waals surface area contributed by atoms with Crippen LogP contribution in [0.5, 0.6) is 0 Å². The van der Waals surface area contributed by atoms with E-state index in [1.807, 2.05) is 42.5 Å². The van der Waals surface area contributed by atoms with Gasteiger partial charge in [-0.25, -0.2) is 4.79 Å². The smallest absolute Gasteiger partial charge is 0.388 e. The van der Waals surface area contributed by atoms with E-state index in [1.54, 1.807) is 53.4 Å². The predicted octanol–water partition coefficient (Wildman–Crippen LogP) is 6.08. The highest BCUT2D eigenvalue weighted by Gasteiger charge is 2.29. The number of hydrogen-bond donors (Lipinski definition) is 3. The molecule has 0 saturated carbocycles. The zero-order chi connectivity index (χ0) is 29.2. The van der Waals surface area contributed by atoms with E-state index in [0.29, 0.717) is 46.9 Å². The Morgan fingerprint density at radius 3 is 2.52 bits per heavy atom. The number of aliphatic hydroxyl groups excluding tert-OH is 1. The van der Waals surface area contributed by atoms with E-state index in [-0.39, 0.29) is 28.8 Å². The minimum atomic E-state index is -0.785. The van der Waals surface area contributed by atoms with Crippen LogP contribution in [0.1, 0.15) is 45.2 Å². The van der Waals surface area contributed by atoms with E-state index in [4.69, 9.17) is 16.1 Å². The van der Waals surface area contributed by atoms with Crippen LogP contribution in [0.25, 0.3) is 22.5 Å². The number of rotatable bonds is 5. The van der Waals surface area contributed by atoms with Crippen LogP contribution in [0.4, 0.5) is 11.4 Å². The van der Waals surface area contributed by atoms with Crippen molar-refractivity contribution in [2.75, 3.05) is 16.8 Å². The molecule has 1 aromatic heterocycles. The lowest BCUT2D eigenvalue weighted by atomic mass is 9.99. The summed E-state index contributed by atoms with van der Waals surface area (Å²) in [6, 6.07) is 26.6. The van der Waals surface area contributed by atoms with Crippen molar-refractivity contribution in [1.82, 2.24) is 10.1 Å². The first-order valence-corrected chi connectivity index (χ1v) is 13.7. The highest BCUT2D eigenvalue weighted by atomic mass is 35.5. The molecule has 9 nitrogen and oxygen atoms in total. The fourth-order valence-corrected chi connectivity index (χ4v) is 5.39. The number of fused-ring (bicyclic) bond motifs is 1. The first-order valence-electron chi connectivity index (χ1n) is 13.3. The zero-order valence-electron chi connectivity index (χ0n) is 22.2. The maximum atomic E-state index is 14.0. The molecule has 0 aliphatic carbocycles. The summed E-state index contributed by atoms with van der Waals surface area (Å²) in [7, 11) is 0. The molecule has 0 spiro atoms. The minimum absolute atomic E-state index is 0.0373. The average Bonchev–Trinajstić information content (AvgIpc) is 3.38. The summed E-state index contributed by atoms with van der Waals surface area (Å²) < 4.78 is 4.74. The van der Waals surface area contributed by atoms with Gasteiger partial charge in [-0.3, -0.25) is 19.1 Å². The van der Waals surface area contributed by atoms with Gasteiger partial charge in [-0.15, -0.1) is 0 Å². The summed E-state index contributed by atoms with van der Waals surface area (Å²) in [4.78, 5) is 43.4. The van der Waals surface area contributed by atoms with Gasteiger partial charge in [0.2, 0.25) is 0 Å². The fourth-order valence-electron chi connectivity index (χ4n) is 5.21. The molecule has 42 heavy (non-hydrogen) atoms. The number of aromatic amines is 1. The first kappa shape index (κ1) is 27.2. The molecule has 2 heterocycles. The lowest BCUT2D eigenvalue weighted by Crippen LogP contribution is -2.32. The lowest BCUT2D eigenvalue weighted by Gasteiger charge is -2.24. The van der Waals surface area contributed by atoms with Gasteiger partial charge in [-0.2, -0.15) is 0 Å². The molecule has 2 amide bonds. The van der Waals surface area contributed by atoms with Gasteiger partial charge >= 0.3 is 5.76 Å². The third-order valence-corrected chi connectivity index (χ3v) is 7.44. The number of halogens is 1. The largest absolute Gasteiger partial charge is 0.439 e. The number of aromatic nitrogens is 2. The number of nitrogens with zero attached hydrogens (tertiary/aromatic N) is 2. The van der Waals surface area contributed by atoms with Crippen LogP contribution < -0.4 is 16.0 Å².